The molecule has 1 aliphatic rings. The summed E-state index contributed by atoms with van der Waals surface area (Å²) in [4.78, 5) is 14.5. The van der Waals surface area contributed by atoms with Gasteiger partial charge in [-0.3, -0.25) is 4.79 Å². The highest BCUT2D eigenvalue weighted by atomic mass is 19.1. The number of amides is 1. The SMILES string of the molecule is O=C(CCc1ccccc1F)Nc1ccccc1N1CCOCC1. The normalized spacial score (nSPS) is 14.5. The van der Waals surface area contributed by atoms with Crippen molar-refractivity contribution < 1.29 is 13.9 Å². The van der Waals surface area contributed by atoms with Gasteiger partial charge < -0.3 is 15.0 Å². The zero-order valence-corrected chi connectivity index (χ0v) is 13.5. The number of ether oxygens (including phenoxy) is 1. The van der Waals surface area contributed by atoms with Crippen LogP contribution in [0.4, 0.5) is 15.8 Å². The Bertz CT molecular complexity index is 699. The molecule has 1 N–H and O–H groups in total. The standard InChI is InChI=1S/C19H21FN2O2/c20-16-6-2-1-5-15(16)9-10-19(23)21-17-7-3-4-8-18(17)22-11-13-24-14-12-22/h1-8H,9-14H2,(H,21,23). The molecule has 126 valence electrons. The number of aryl methyl sites for hydroxylation is 1. The molecule has 1 saturated heterocycles. The lowest BCUT2D eigenvalue weighted by Crippen LogP contribution is -2.36. The van der Waals surface area contributed by atoms with Crippen molar-refractivity contribution in [1.29, 1.82) is 0 Å². The molecular weight excluding hydrogens is 307 g/mol. The van der Waals surface area contributed by atoms with E-state index in [4.69, 9.17) is 4.74 Å². The highest BCUT2D eigenvalue weighted by Gasteiger charge is 2.15. The van der Waals surface area contributed by atoms with Gasteiger partial charge >= 0.3 is 0 Å². The van der Waals surface area contributed by atoms with Crippen molar-refractivity contribution >= 4 is 17.3 Å². The van der Waals surface area contributed by atoms with Crippen LogP contribution < -0.4 is 10.2 Å². The van der Waals surface area contributed by atoms with Crippen molar-refractivity contribution in [3.05, 3.63) is 59.9 Å². The fraction of sp³-hybridized carbons (Fsp3) is 0.316. The van der Waals surface area contributed by atoms with Gasteiger partial charge in [-0.2, -0.15) is 0 Å². The Labute approximate surface area is 141 Å². The van der Waals surface area contributed by atoms with Crippen molar-refractivity contribution in [3.63, 3.8) is 0 Å². The van der Waals surface area contributed by atoms with E-state index in [0.29, 0.717) is 25.2 Å². The molecule has 3 rings (SSSR count). The van der Waals surface area contributed by atoms with Gasteiger partial charge in [0.2, 0.25) is 5.91 Å². The Morgan fingerprint density at radius 1 is 1.08 bits per heavy atom. The van der Waals surface area contributed by atoms with Crippen LogP contribution >= 0.6 is 0 Å². The van der Waals surface area contributed by atoms with Gasteiger partial charge in [-0.1, -0.05) is 30.3 Å². The van der Waals surface area contributed by atoms with Crippen molar-refractivity contribution in [2.24, 2.45) is 0 Å². The number of para-hydroxylation sites is 2. The van der Waals surface area contributed by atoms with E-state index in [9.17, 15) is 9.18 Å². The van der Waals surface area contributed by atoms with Gasteiger partial charge in [-0.05, 0) is 30.2 Å². The number of nitrogens with zero attached hydrogens (tertiary/aromatic N) is 1. The number of anilines is 2. The summed E-state index contributed by atoms with van der Waals surface area (Å²) in [5.74, 6) is -0.377. The van der Waals surface area contributed by atoms with E-state index in [2.05, 4.69) is 10.2 Å². The summed E-state index contributed by atoms with van der Waals surface area (Å²) in [6.07, 6.45) is 0.636. The lowest BCUT2D eigenvalue weighted by atomic mass is 10.1. The lowest BCUT2D eigenvalue weighted by Gasteiger charge is -2.30. The number of carbonyl (C=O) groups is 1. The average molecular weight is 328 g/mol. The van der Waals surface area contributed by atoms with Gasteiger partial charge in [-0.15, -0.1) is 0 Å². The second-order valence-corrected chi connectivity index (χ2v) is 5.76. The van der Waals surface area contributed by atoms with E-state index in [1.54, 1.807) is 18.2 Å². The molecule has 1 aliphatic heterocycles. The Morgan fingerprint density at radius 2 is 1.79 bits per heavy atom. The lowest BCUT2D eigenvalue weighted by molar-refractivity contribution is -0.116. The Morgan fingerprint density at radius 3 is 2.58 bits per heavy atom. The maximum absolute atomic E-state index is 13.6. The molecule has 0 saturated carbocycles. The zero-order valence-electron chi connectivity index (χ0n) is 13.5. The first kappa shape index (κ1) is 16.5. The van der Waals surface area contributed by atoms with Crippen LogP contribution in [0.25, 0.3) is 0 Å². The highest BCUT2D eigenvalue weighted by Crippen LogP contribution is 2.26. The average Bonchev–Trinajstić information content (AvgIpc) is 2.62. The van der Waals surface area contributed by atoms with Gasteiger partial charge in [0.05, 0.1) is 24.6 Å². The first-order chi connectivity index (χ1) is 11.7. The summed E-state index contributed by atoms with van der Waals surface area (Å²) < 4.78 is 19.0. The molecule has 0 bridgehead atoms. The summed E-state index contributed by atoms with van der Waals surface area (Å²) >= 11 is 0. The van der Waals surface area contributed by atoms with Gasteiger partial charge in [0.25, 0.3) is 0 Å². The zero-order chi connectivity index (χ0) is 16.8. The number of rotatable bonds is 5. The van der Waals surface area contributed by atoms with Crippen molar-refractivity contribution in [2.75, 3.05) is 36.5 Å². The van der Waals surface area contributed by atoms with E-state index >= 15 is 0 Å². The molecule has 0 spiro atoms. The molecule has 4 nitrogen and oxygen atoms in total. The van der Waals surface area contributed by atoms with Crippen LogP contribution in [0, 0.1) is 5.82 Å². The number of morpholine rings is 1. The number of halogens is 1. The second kappa shape index (κ2) is 7.93. The van der Waals surface area contributed by atoms with E-state index in [1.165, 1.54) is 6.07 Å². The fourth-order valence-electron chi connectivity index (χ4n) is 2.82. The number of hydrogen-bond acceptors (Lipinski definition) is 3. The number of benzene rings is 2. The van der Waals surface area contributed by atoms with Crippen LogP contribution in [0.5, 0.6) is 0 Å². The summed E-state index contributed by atoms with van der Waals surface area (Å²) in [5.41, 5.74) is 2.35. The topological polar surface area (TPSA) is 41.6 Å². The molecular formula is C19H21FN2O2. The minimum absolute atomic E-state index is 0.112. The van der Waals surface area contributed by atoms with Crippen LogP contribution in [0.3, 0.4) is 0 Å². The minimum Gasteiger partial charge on any atom is -0.378 e. The summed E-state index contributed by atoms with van der Waals surface area (Å²) in [6.45, 7) is 3.00. The third-order valence-corrected chi connectivity index (χ3v) is 4.11. The smallest absolute Gasteiger partial charge is 0.224 e. The summed E-state index contributed by atoms with van der Waals surface area (Å²) in [7, 11) is 0. The number of carbonyl (C=O) groups excluding carboxylic acids is 1. The predicted octanol–water partition coefficient (Wildman–Crippen LogP) is 3.23. The molecule has 0 unspecified atom stereocenters. The molecule has 0 atom stereocenters. The molecule has 2 aromatic rings. The van der Waals surface area contributed by atoms with E-state index < -0.39 is 0 Å². The number of hydrogen-bond donors (Lipinski definition) is 1. The molecule has 1 amide bonds. The Kier molecular flexibility index (Phi) is 5.43. The van der Waals surface area contributed by atoms with Crippen LogP contribution in [-0.2, 0) is 16.0 Å². The van der Waals surface area contributed by atoms with E-state index in [0.717, 1.165) is 24.5 Å². The third kappa shape index (κ3) is 4.11. The van der Waals surface area contributed by atoms with Crippen molar-refractivity contribution in [1.82, 2.24) is 0 Å². The van der Waals surface area contributed by atoms with E-state index in [1.807, 2.05) is 24.3 Å². The minimum atomic E-state index is -0.265. The van der Waals surface area contributed by atoms with Gasteiger partial charge in [0.15, 0.2) is 0 Å². The van der Waals surface area contributed by atoms with Gasteiger partial charge in [0.1, 0.15) is 5.82 Å². The van der Waals surface area contributed by atoms with E-state index in [-0.39, 0.29) is 18.1 Å². The molecule has 1 heterocycles. The molecule has 0 aliphatic carbocycles. The predicted molar refractivity (Wildman–Crippen MR) is 92.8 cm³/mol. The molecule has 24 heavy (non-hydrogen) atoms. The summed E-state index contributed by atoms with van der Waals surface area (Å²) in [6, 6.07) is 14.3. The van der Waals surface area contributed by atoms with Crippen molar-refractivity contribution in [3.8, 4) is 0 Å². The van der Waals surface area contributed by atoms with Gasteiger partial charge in [-0.25, -0.2) is 4.39 Å². The molecule has 0 radical (unpaired) electrons. The summed E-state index contributed by atoms with van der Waals surface area (Å²) in [5, 5.41) is 2.95. The van der Waals surface area contributed by atoms with Crippen LogP contribution in [0.1, 0.15) is 12.0 Å². The van der Waals surface area contributed by atoms with Crippen molar-refractivity contribution in [2.45, 2.75) is 12.8 Å². The quantitative estimate of drug-likeness (QED) is 0.916. The molecule has 1 fully saturated rings. The highest BCUT2D eigenvalue weighted by molar-refractivity contribution is 5.94. The first-order valence-corrected chi connectivity index (χ1v) is 8.19. The Balaban J connectivity index is 1.63. The molecule has 5 heteroatoms. The molecule has 2 aromatic carbocycles. The monoisotopic (exact) mass is 328 g/mol. The van der Waals surface area contributed by atoms with Gasteiger partial charge in [0, 0.05) is 19.5 Å². The maximum atomic E-state index is 13.6. The first-order valence-electron chi connectivity index (χ1n) is 8.19. The second-order valence-electron chi connectivity index (χ2n) is 5.76. The van der Waals surface area contributed by atoms with Crippen LogP contribution in [0.15, 0.2) is 48.5 Å². The van der Waals surface area contributed by atoms with Crippen LogP contribution in [-0.4, -0.2) is 32.2 Å². The number of nitrogens with one attached hydrogen (secondary N) is 1. The maximum Gasteiger partial charge on any atom is 0.224 e. The third-order valence-electron chi connectivity index (χ3n) is 4.11. The largest absolute Gasteiger partial charge is 0.378 e. The molecule has 0 aromatic heterocycles. The van der Waals surface area contributed by atoms with Crippen LogP contribution in [0.2, 0.25) is 0 Å². The Hall–Kier alpha value is -2.40. The fourth-order valence-corrected chi connectivity index (χ4v) is 2.82.